The summed E-state index contributed by atoms with van der Waals surface area (Å²) < 4.78 is 2.00. The predicted octanol–water partition coefficient (Wildman–Crippen LogP) is 2.91. The van der Waals surface area contributed by atoms with Gasteiger partial charge in [-0.1, -0.05) is 18.2 Å². The second-order valence-corrected chi connectivity index (χ2v) is 6.65. The topological polar surface area (TPSA) is 108 Å². The summed E-state index contributed by atoms with van der Waals surface area (Å²) >= 11 is 0. The highest BCUT2D eigenvalue weighted by atomic mass is 16.3. The summed E-state index contributed by atoms with van der Waals surface area (Å²) in [4.78, 5) is 13.7. The average Bonchev–Trinajstić information content (AvgIpc) is 3.09. The van der Waals surface area contributed by atoms with Gasteiger partial charge < -0.3 is 25.4 Å². The van der Waals surface area contributed by atoms with Crippen molar-refractivity contribution in [3.05, 3.63) is 36.2 Å². The first-order valence-corrected chi connectivity index (χ1v) is 9.20. The minimum atomic E-state index is 0.176. The summed E-state index contributed by atoms with van der Waals surface area (Å²) in [6.45, 7) is 5.44. The van der Waals surface area contributed by atoms with Gasteiger partial charge in [-0.15, -0.1) is 0 Å². The Morgan fingerprint density at radius 1 is 1.11 bits per heavy atom. The second-order valence-electron chi connectivity index (χ2n) is 6.65. The minimum Gasteiger partial charge on any atom is -0.508 e. The van der Waals surface area contributed by atoms with E-state index in [1.807, 2.05) is 16.7 Å². The van der Waals surface area contributed by atoms with Crippen molar-refractivity contribution in [3.63, 3.8) is 0 Å². The molecule has 0 fully saturated rings. The lowest BCUT2D eigenvalue weighted by Crippen LogP contribution is -2.10. The molecule has 0 radical (unpaired) electrons. The number of benzene rings is 1. The SMILES string of the molecule is CC(C)n1cnc2c(NCc3ccccc3O)nc(NCCCCO)nc21. The Hall–Kier alpha value is -2.87. The molecule has 0 amide bonds. The summed E-state index contributed by atoms with van der Waals surface area (Å²) in [6, 6.07) is 7.42. The number of para-hydroxylation sites is 1. The number of aliphatic hydroxyl groups excluding tert-OH is 1. The molecule has 0 atom stereocenters. The van der Waals surface area contributed by atoms with Gasteiger partial charge in [-0.2, -0.15) is 9.97 Å². The molecule has 0 unspecified atom stereocenters. The molecule has 0 saturated carbocycles. The van der Waals surface area contributed by atoms with Crippen LogP contribution < -0.4 is 10.6 Å². The molecule has 3 rings (SSSR count). The highest BCUT2D eigenvalue weighted by molar-refractivity contribution is 5.84. The molecule has 27 heavy (non-hydrogen) atoms. The quantitative estimate of drug-likeness (QED) is 0.429. The number of fused-ring (bicyclic) bond motifs is 1. The van der Waals surface area contributed by atoms with E-state index in [1.54, 1.807) is 18.5 Å². The molecule has 144 valence electrons. The predicted molar refractivity (Wildman–Crippen MR) is 106 cm³/mol. The van der Waals surface area contributed by atoms with Crippen LogP contribution in [0.15, 0.2) is 30.6 Å². The lowest BCUT2D eigenvalue weighted by Gasteiger charge is -2.12. The van der Waals surface area contributed by atoms with Crippen LogP contribution in [0.2, 0.25) is 0 Å². The number of aliphatic hydroxyl groups is 1. The van der Waals surface area contributed by atoms with Gasteiger partial charge in [0, 0.05) is 31.3 Å². The van der Waals surface area contributed by atoms with Crippen LogP contribution in [0.4, 0.5) is 11.8 Å². The first-order chi connectivity index (χ1) is 13.1. The van der Waals surface area contributed by atoms with Crippen LogP contribution in [-0.4, -0.2) is 42.9 Å². The van der Waals surface area contributed by atoms with Gasteiger partial charge in [-0.05, 0) is 32.8 Å². The molecule has 0 spiro atoms. The Labute approximate surface area is 158 Å². The van der Waals surface area contributed by atoms with E-state index in [2.05, 4.69) is 39.4 Å². The summed E-state index contributed by atoms with van der Waals surface area (Å²) in [5.74, 6) is 1.38. The summed E-state index contributed by atoms with van der Waals surface area (Å²) in [5.41, 5.74) is 2.23. The van der Waals surface area contributed by atoms with Crippen molar-refractivity contribution >= 4 is 22.9 Å². The number of hydrogen-bond donors (Lipinski definition) is 4. The Morgan fingerprint density at radius 3 is 2.67 bits per heavy atom. The molecule has 0 aliphatic carbocycles. The molecule has 1 aromatic carbocycles. The van der Waals surface area contributed by atoms with Gasteiger partial charge in [0.1, 0.15) is 5.75 Å². The maximum atomic E-state index is 9.97. The number of anilines is 2. The number of imidazole rings is 1. The van der Waals surface area contributed by atoms with Crippen LogP contribution in [0, 0.1) is 0 Å². The molecule has 2 heterocycles. The number of aromatic nitrogens is 4. The van der Waals surface area contributed by atoms with Gasteiger partial charge in [0.15, 0.2) is 17.0 Å². The summed E-state index contributed by atoms with van der Waals surface area (Å²) in [5, 5.41) is 25.4. The fourth-order valence-electron chi connectivity index (χ4n) is 2.77. The number of nitrogens with zero attached hydrogens (tertiary/aromatic N) is 4. The first-order valence-electron chi connectivity index (χ1n) is 9.20. The number of hydrogen-bond acceptors (Lipinski definition) is 7. The van der Waals surface area contributed by atoms with E-state index in [-0.39, 0.29) is 18.4 Å². The Bertz CT molecular complexity index is 893. The molecule has 8 nitrogen and oxygen atoms in total. The van der Waals surface area contributed by atoms with Crippen molar-refractivity contribution in [1.82, 2.24) is 19.5 Å². The van der Waals surface area contributed by atoms with Crippen molar-refractivity contribution in [2.24, 2.45) is 0 Å². The summed E-state index contributed by atoms with van der Waals surface area (Å²) in [6.07, 6.45) is 3.34. The molecule has 0 saturated heterocycles. The van der Waals surface area contributed by atoms with E-state index in [1.165, 1.54) is 0 Å². The number of phenolic OH excluding ortho intramolecular Hbond substituents is 1. The van der Waals surface area contributed by atoms with E-state index in [4.69, 9.17) is 5.11 Å². The highest BCUT2D eigenvalue weighted by Gasteiger charge is 2.15. The Balaban J connectivity index is 1.88. The van der Waals surface area contributed by atoms with Gasteiger partial charge in [0.2, 0.25) is 5.95 Å². The Morgan fingerprint density at radius 2 is 1.93 bits per heavy atom. The number of nitrogens with one attached hydrogen (secondary N) is 2. The van der Waals surface area contributed by atoms with Crippen LogP contribution in [-0.2, 0) is 6.54 Å². The first kappa shape index (κ1) is 18.9. The highest BCUT2D eigenvalue weighted by Crippen LogP contribution is 2.25. The number of aromatic hydroxyl groups is 1. The van der Waals surface area contributed by atoms with Crippen molar-refractivity contribution in [3.8, 4) is 5.75 Å². The Kier molecular flexibility index (Phi) is 6.08. The van der Waals surface area contributed by atoms with Crippen LogP contribution in [0.1, 0.15) is 38.3 Å². The molecule has 0 aliphatic rings. The second kappa shape index (κ2) is 8.68. The third-order valence-electron chi connectivity index (χ3n) is 4.28. The molecular weight excluding hydrogens is 344 g/mol. The van der Waals surface area contributed by atoms with Gasteiger partial charge in [-0.3, -0.25) is 0 Å². The molecule has 2 aromatic heterocycles. The lowest BCUT2D eigenvalue weighted by atomic mass is 10.2. The smallest absolute Gasteiger partial charge is 0.226 e. The van der Waals surface area contributed by atoms with Gasteiger partial charge in [-0.25, -0.2) is 4.98 Å². The van der Waals surface area contributed by atoms with Crippen LogP contribution in [0.5, 0.6) is 5.75 Å². The van der Waals surface area contributed by atoms with E-state index in [9.17, 15) is 5.11 Å². The minimum absolute atomic E-state index is 0.176. The number of unbranched alkanes of at least 4 members (excludes halogenated alkanes) is 1. The zero-order chi connectivity index (χ0) is 19.2. The summed E-state index contributed by atoms with van der Waals surface area (Å²) in [7, 11) is 0. The zero-order valence-electron chi connectivity index (χ0n) is 15.7. The molecular formula is C19H26N6O2. The van der Waals surface area contributed by atoms with E-state index in [0.717, 1.165) is 24.1 Å². The molecule has 0 bridgehead atoms. The van der Waals surface area contributed by atoms with Gasteiger partial charge in [0.25, 0.3) is 0 Å². The monoisotopic (exact) mass is 370 g/mol. The molecule has 0 aliphatic heterocycles. The van der Waals surface area contributed by atoms with E-state index >= 15 is 0 Å². The number of rotatable bonds is 9. The fraction of sp³-hybridized carbons (Fsp3) is 0.421. The average molecular weight is 370 g/mol. The molecule has 8 heteroatoms. The maximum absolute atomic E-state index is 9.97. The van der Waals surface area contributed by atoms with Crippen molar-refractivity contribution in [2.75, 3.05) is 23.8 Å². The standard InChI is InChI=1S/C19H26N6O2/c1-13(2)25-12-22-16-17(21-11-14-7-3-4-8-15(14)27)23-19(24-18(16)25)20-9-5-6-10-26/h3-4,7-8,12-13,26-27H,5-6,9-11H2,1-2H3,(H2,20,21,23,24). The van der Waals surface area contributed by atoms with Crippen molar-refractivity contribution in [1.29, 1.82) is 0 Å². The maximum Gasteiger partial charge on any atom is 0.226 e. The molecule has 3 aromatic rings. The number of phenols is 1. The van der Waals surface area contributed by atoms with E-state index in [0.29, 0.717) is 30.4 Å². The van der Waals surface area contributed by atoms with Crippen molar-refractivity contribution in [2.45, 2.75) is 39.3 Å². The third kappa shape index (κ3) is 4.46. The van der Waals surface area contributed by atoms with Crippen LogP contribution in [0.3, 0.4) is 0 Å². The third-order valence-corrected chi connectivity index (χ3v) is 4.28. The normalized spacial score (nSPS) is 11.3. The molecule has 4 N–H and O–H groups in total. The zero-order valence-corrected chi connectivity index (χ0v) is 15.7. The van der Waals surface area contributed by atoms with Crippen molar-refractivity contribution < 1.29 is 10.2 Å². The van der Waals surface area contributed by atoms with Gasteiger partial charge in [0.05, 0.1) is 6.33 Å². The fourth-order valence-corrected chi connectivity index (χ4v) is 2.77. The van der Waals surface area contributed by atoms with Crippen LogP contribution in [0.25, 0.3) is 11.2 Å². The van der Waals surface area contributed by atoms with Gasteiger partial charge >= 0.3 is 0 Å². The van der Waals surface area contributed by atoms with Crippen LogP contribution >= 0.6 is 0 Å². The lowest BCUT2D eigenvalue weighted by molar-refractivity contribution is 0.286. The van der Waals surface area contributed by atoms with E-state index < -0.39 is 0 Å². The largest absolute Gasteiger partial charge is 0.508 e.